The summed E-state index contributed by atoms with van der Waals surface area (Å²) in [6, 6.07) is 3.47. The molecule has 1 N–H and O–H groups in total. The topological polar surface area (TPSA) is 23.5 Å². The molecule has 18 heavy (non-hydrogen) atoms. The van der Waals surface area contributed by atoms with Gasteiger partial charge in [-0.2, -0.15) is 0 Å². The first-order valence-corrected chi connectivity index (χ1v) is 6.41. The van der Waals surface area contributed by atoms with Crippen molar-refractivity contribution in [2.24, 2.45) is 0 Å². The highest BCUT2D eigenvalue weighted by Crippen LogP contribution is 2.13. The van der Waals surface area contributed by atoms with Crippen LogP contribution in [-0.4, -0.2) is 35.7 Å². The standard InChI is InChI=1S/C14H21F2NO/c1-3-17(4-2)8-7-13(18)9-11-5-6-12(15)10-14(11)16/h5-6,10,13,18H,3-4,7-9H2,1-2H3. The van der Waals surface area contributed by atoms with Gasteiger partial charge in [-0.05, 0) is 31.1 Å². The van der Waals surface area contributed by atoms with Crippen molar-refractivity contribution >= 4 is 0 Å². The fourth-order valence-electron chi connectivity index (χ4n) is 1.91. The lowest BCUT2D eigenvalue weighted by molar-refractivity contribution is 0.142. The van der Waals surface area contributed by atoms with Crippen molar-refractivity contribution in [2.75, 3.05) is 19.6 Å². The lowest BCUT2D eigenvalue weighted by Gasteiger charge is -2.20. The number of aliphatic hydroxyl groups excluding tert-OH is 1. The second-order valence-corrected chi connectivity index (χ2v) is 4.41. The van der Waals surface area contributed by atoms with E-state index in [9.17, 15) is 13.9 Å². The number of rotatable bonds is 7. The Kier molecular flexibility index (Phi) is 6.22. The highest BCUT2D eigenvalue weighted by atomic mass is 19.1. The van der Waals surface area contributed by atoms with Crippen LogP contribution in [0.3, 0.4) is 0 Å². The molecule has 102 valence electrons. The van der Waals surface area contributed by atoms with E-state index in [2.05, 4.69) is 18.7 Å². The van der Waals surface area contributed by atoms with Crippen LogP contribution in [0.15, 0.2) is 18.2 Å². The van der Waals surface area contributed by atoms with Crippen molar-refractivity contribution < 1.29 is 13.9 Å². The number of benzene rings is 1. The molecular formula is C14H21F2NO. The summed E-state index contributed by atoms with van der Waals surface area (Å²) >= 11 is 0. The summed E-state index contributed by atoms with van der Waals surface area (Å²) in [6.45, 7) is 6.80. The Bertz CT molecular complexity index is 367. The van der Waals surface area contributed by atoms with Gasteiger partial charge in [-0.3, -0.25) is 0 Å². The van der Waals surface area contributed by atoms with E-state index in [0.717, 1.165) is 25.7 Å². The fourth-order valence-corrected chi connectivity index (χ4v) is 1.91. The van der Waals surface area contributed by atoms with Gasteiger partial charge in [-0.1, -0.05) is 19.9 Å². The molecule has 0 aliphatic heterocycles. The van der Waals surface area contributed by atoms with Crippen LogP contribution in [0.2, 0.25) is 0 Å². The highest BCUT2D eigenvalue weighted by Gasteiger charge is 2.11. The van der Waals surface area contributed by atoms with Gasteiger partial charge in [0.15, 0.2) is 0 Å². The number of nitrogens with zero attached hydrogens (tertiary/aromatic N) is 1. The van der Waals surface area contributed by atoms with Crippen molar-refractivity contribution in [3.8, 4) is 0 Å². The van der Waals surface area contributed by atoms with Gasteiger partial charge >= 0.3 is 0 Å². The Morgan fingerprint density at radius 1 is 1.22 bits per heavy atom. The highest BCUT2D eigenvalue weighted by molar-refractivity contribution is 5.19. The van der Waals surface area contributed by atoms with E-state index in [1.54, 1.807) is 0 Å². The minimum Gasteiger partial charge on any atom is -0.393 e. The third-order valence-electron chi connectivity index (χ3n) is 3.14. The van der Waals surface area contributed by atoms with Crippen molar-refractivity contribution in [1.82, 2.24) is 4.90 Å². The lowest BCUT2D eigenvalue weighted by Crippen LogP contribution is -2.27. The SMILES string of the molecule is CCN(CC)CCC(O)Cc1ccc(F)cc1F. The van der Waals surface area contributed by atoms with Gasteiger partial charge in [-0.15, -0.1) is 0 Å². The molecule has 1 unspecified atom stereocenters. The molecule has 0 aromatic heterocycles. The van der Waals surface area contributed by atoms with Crippen LogP contribution in [0.4, 0.5) is 8.78 Å². The molecule has 1 aromatic carbocycles. The van der Waals surface area contributed by atoms with Gasteiger partial charge in [0.2, 0.25) is 0 Å². The van der Waals surface area contributed by atoms with E-state index >= 15 is 0 Å². The Morgan fingerprint density at radius 3 is 2.44 bits per heavy atom. The monoisotopic (exact) mass is 257 g/mol. The molecule has 2 nitrogen and oxygen atoms in total. The molecule has 0 bridgehead atoms. The van der Waals surface area contributed by atoms with Crippen LogP contribution in [-0.2, 0) is 6.42 Å². The second kappa shape index (κ2) is 7.44. The number of hydrogen-bond acceptors (Lipinski definition) is 2. The normalized spacial score (nSPS) is 13.0. The predicted octanol–water partition coefficient (Wildman–Crippen LogP) is 2.60. The summed E-state index contributed by atoms with van der Waals surface area (Å²) in [5.41, 5.74) is 0.364. The van der Waals surface area contributed by atoms with Gasteiger partial charge in [0, 0.05) is 19.0 Å². The zero-order valence-corrected chi connectivity index (χ0v) is 11.0. The maximum Gasteiger partial charge on any atom is 0.129 e. The molecule has 0 fully saturated rings. The molecule has 0 aliphatic rings. The first-order valence-electron chi connectivity index (χ1n) is 6.41. The Balaban J connectivity index is 2.46. The number of halogens is 2. The molecule has 1 atom stereocenters. The van der Waals surface area contributed by atoms with Gasteiger partial charge in [0.25, 0.3) is 0 Å². The average molecular weight is 257 g/mol. The van der Waals surface area contributed by atoms with Gasteiger partial charge < -0.3 is 10.0 Å². The van der Waals surface area contributed by atoms with Crippen LogP contribution in [0.5, 0.6) is 0 Å². The summed E-state index contributed by atoms with van der Waals surface area (Å²) < 4.78 is 26.1. The summed E-state index contributed by atoms with van der Waals surface area (Å²) in [4.78, 5) is 2.20. The largest absolute Gasteiger partial charge is 0.393 e. The predicted molar refractivity (Wildman–Crippen MR) is 68.5 cm³/mol. The van der Waals surface area contributed by atoms with E-state index in [1.165, 1.54) is 12.1 Å². The molecule has 0 saturated carbocycles. The third kappa shape index (κ3) is 4.70. The maximum atomic E-state index is 13.4. The van der Waals surface area contributed by atoms with Crippen LogP contribution < -0.4 is 0 Å². The quantitative estimate of drug-likeness (QED) is 0.811. The van der Waals surface area contributed by atoms with Gasteiger partial charge in [0.05, 0.1) is 6.10 Å². The van der Waals surface area contributed by atoms with E-state index < -0.39 is 17.7 Å². The molecule has 0 radical (unpaired) electrons. The molecule has 1 aromatic rings. The van der Waals surface area contributed by atoms with E-state index in [-0.39, 0.29) is 6.42 Å². The van der Waals surface area contributed by atoms with Crippen molar-refractivity contribution in [1.29, 1.82) is 0 Å². The summed E-state index contributed by atoms with van der Waals surface area (Å²) in [5.74, 6) is -1.18. The molecular weight excluding hydrogens is 236 g/mol. The minimum absolute atomic E-state index is 0.230. The van der Waals surface area contributed by atoms with Crippen molar-refractivity contribution in [3.63, 3.8) is 0 Å². The van der Waals surface area contributed by atoms with Crippen LogP contribution in [0.1, 0.15) is 25.8 Å². The summed E-state index contributed by atoms with van der Waals surface area (Å²) in [6.07, 6.45) is 0.233. The van der Waals surface area contributed by atoms with Crippen LogP contribution in [0, 0.1) is 11.6 Å². The summed E-state index contributed by atoms with van der Waals surface area (Å²) in [7, 11) is 0. The minimum atomic E-state index is -0.592. The van der Waals surface area contributed by atoms with E-state index in [4.69, 9.17) is 0 Å². The third-order valence-corrected chi connectivity index (χ3v) is 3.14. The molecule has 0 saturated heterocycles. The molecule has 0 spiro atoms. The first-order chi connectivity index (χ1) is 8.56. The fraction of sp³-hybridized carbons (Fsp3) is 0.571. The molecule has 4 heteroatoms. The lowest BCUT2D eigenvalue weighted by atomic mass is 10.0. The van der Waals surface area contributed by atoms with Gasteiger partial charge in [0.1, 0.15) is 11.6 Å². The molecule has 0 aliphatic carbocycles. The average Bonchev–Trinajstić information content (AvgIpc) is 2.34. The number of hydrogen-bond donors (Lipinski definition) is 1. The maximum absolute atomic E-state index is 13.4. The van der Waals surface area contributed by atoms with Crippen LogP contribution in [0.25, 0.3) is 0 Å². The number of aliphatic hydroxyl groups is 1. The second-order valence-electron chi connectivity index (χ2n) is 4.41. The Morgan fingerprint density at radius 2 is 1.89 bits per heavy atom. The zero-order valence-electron chi connectivity index (χ0n) is 11.0. The van der Waals surface area contributed by atoms with Crippen molar-refractivity contribution in [3.05, 3.63) is 35.4 Å². The Labute approximate surface area is 107 Å². The molecule has 0 heterocycles. The molecule has 1 rings (SSSR count). The first kappa shape index (κ1) is 15.1. The van der Waals surface area contributed by atoms with Crippen molar-refractivity contribution in [2.45, 2.75) is 32.8 Å². The Hall–Kier alpha value is -1.00. The summed E-state index contributed by atoms with van der Waals surface area (Å²) in [5, 5.41) is 9.85. The zero-order chi connectivity index (χ0) is 13.5. The van der Waals surface area contributed by atoms with Crippen LogP contribution >= 0.6 is 0 Å². The van der Waals surface area contributed by atoms with E-state index in [0.29, 0.717) is 12.0 Å². The smallest absolute Gasteiger partial charge is 0.129 e. The van der Waals surface area contributed by atoms with Gasteiger partial charge in [-0.25, -0.2) is 8.78 Å². The molecule has 0 amide bonds. The van der Waals surface area contributed by atoms with E-state index in [1.807, 2.05) is 0 Å².